The molecule has 0 unspecified atom stereocenters. The minimum absolute atomic E-state index is 0.0723. The lowest BCUT2D eigenvalue weighted by Gasteiger charge is -2.16. The van der Waals surface area contributed by atoms with Crippen molar-refractivity contribution in [3.63, 3.8) is 0 Å². The molecule has 0 bridgehead atoms. The lowest BCUT2D eigenvalue weighted by Crippen LogP contribution is -2.19. The zero-order chi connectivity index (χ0) is 15.1. The molecule has 0 saturated carbocycles. The van der Waals surface area contributed by atoms with Crippen LogP contribution in [0.4, 0.5) is 4.39 Å². The molecule has 0 fully saturated rings. The van der Waals surface area contributed by atoms with E-state index in [0.29, 0.717) is 12.0 Å². The fourth-order valence-corrected chi connectivity index (χ4v) is 2.26. The van der Waals surface area contributed by atoms with Gasteiger partial charge in [-0.1, -0.05) is 30.3 Å². The quantitative estimate of drug-likeness (QED) is 0.719. The van der Waals surface area contributed by atoms with E-state index in [1.165, 1.54) is 17.7 Å². The van der Waals surface area contributed by atoms with Crippen LogP contribution in [-0.2, 0) is 6.54 Å². The van der Waals surface area contributed by atoms with Crippen molar-refractivity contribution in [1.29, 1.82) is 0 Å². The fraction of sp³-hybridized carbons (Fsp3) is 0.278. The molecule has 0 amide bonds. The SMILES string of the molecule is CN(CCCC(=O)c1ccc(F)cc1)Cc1ccccc1. The number of carbonyl (C=O) groups is 1. The number of rotatable bonds is 7. The Bertz CT molecular complexity index is 566. The van der Waals surface area contributed by atoms with Crippen LogP contribution in [-0.4, -0.2) is 24.3 Å². The molecule has 2 nitrogen and oxygen atoms in total. The molecule has 0 radical (unpaired) electrons. The maximum atomic E-state index is 12.8. The van der Waals surface area contributed by atoms with Crippen molar-refractivity contribution in [3.8, 4) is 0 Å². The van der Waals surface area contributed by atoms with Crippen LogP contribution >= 0.6 is 0 Å². The summed E-state index contributed by atoms with van der Waals surface area (Å²) in [4.78, 5) is 14.2. The Balaban J connectivity index is 1.73. The van der Waals surface area contributed by atoms with Crippen molar-refractivity contribution in [2.45, 2.75) is 19.4 Å². The zero-order valence-corrected chi connectivity index (χ0v) is 12.3. The highest BCUT2D eigenvalue weighted by molar-refractivity contribution is 5.95. The first kappa shape index (κ1) is 15.4. The third-order valence-corrected chi connectivity index (χ3v) is 3.41. The van der Waals surface area contributed by atoms with E-state index in [4.69, 9.17) is 0 Å². The Labute approximate surface area is 125 Å². The van der Waals surface area contributed by atoms with Gasteiger partial charge in [0, 0.05) is 18.5 Å². The third-order valence-electron chi connectivity index (χ3n) is 3.41. The van der Waals surface area contributed by atoms with Crippen molar-refractivity contribution in [2.75, 3.05) is 13.6 Å². The summed E-state index contributed by atoms with van der Waals surface area (Å²) in [5, 5.41) is 0. The normalized spacial score (nSPS) is 10.8. The highest BCUT2D eigenvalue weighted by Crippen LogP contribution is 2.09. The molecule has 0 N–H and O–H groups in total. The van der Waals surface area contributed by atoms with Gasteiger partial charge in [-0.25, -0.2) is 4.39 Å². The van der Waals surface area contributed by atoms with Crippen LogP contribution in [0, 0.1) is 5.82 Å². The molecule has 2 aromatic carbocycles. The molecule has 0 heterocycles. The Kier molecular flexibility index (Phi) is 5.64. The Morgan fingerprint density at radius 1 is 1.05 bits per heavy atom. The van der Waals surface area contributed by atoms with Gasteiger partial charge in [0.15, 0.2) is 5.78 Å². The van der Waals surface area contributed by atoms with Gasteiger partial charge in [0.1, 0.15) is 5.82 Å². The summed E-state index contributed by atoms with van der Waals surface area (Å²) >= 11 is 0. The molecule has 0 saturated heterocycles. The Morgan fingerprint density at radius 2 is 1.71 bits per heavy atom. The molecule has 2 rings (SSSR count). The zero-order valence-electron chi connectivity index (χ0n) is 12.3. The van der Waals surface area contributed by atoms with Crippen LogP contribution in [0.5, 0.6) is 0 Å². The number of Topliss-reactive ketones (excluding diaryl/α,β-unsaturated/α-hetero) is 1. The van der Waals surface area contributed by atoms with Crippen LogP contribution < -0.4 is 0 Å². The van der Waals surface area contributed by atoms with Crippen molar-refractivity contribution < 1.29 is 9.18 Å². The van der Waals surface area contributed by atoms with E-state index in [-0.39, 0.29) is 11.6 Å². The molecule has 0 aliphatic heterocycles. The second-order valence-corrected chi connectivity index (χ2v) is 5.26. The van der Waals surface area contributed by atoms with E-state index in [9.17, 15) is 9.18 Å². The molecule has 0 atom stereocenters. The molecule has 0 aliphatic carbocycles. The summed E-state index contributed by atoms with van der Waals surface area (Å²) < 4.78 is 12.8. The maximum absolute atomic E-state index is 12.8. The second-order valence-electron chi connectivity index (χ2n) is 5.26. The van der Waals surface area contributed by atoms with Gasteiger partial charge in [0.2, 0.25) is 0 Å². The Hall–Kier alpha value is -2.00. The molecule has 3 heteroatoms. The summed E-state index contributed by atoms with van der Waals surface area (Å²) in [6.07, 6.45) is 1.30. The largest absolute Gasteiger partial charge is 0.302 e. The molecule has 110 valence electrons. The molecule has 21 heavy (non-hydrogen) atoms. The number of carbonyl (C=O) groups excluding carboxylic acids is 1. The van der Waals surface area contributed by atoms with E-state index in [0.717, 1.165) is 19.5 Å². The average molecular weight is 285 g/mol. The predicted octanol–water partition coefficient (Wildman–Crippen LogP) is 3.92. The number of hydrogen-bond acceptors (Lipinski definition) is 2. The fourth-order valence-electron chi connectivity index (χ4n) is 2.26. The second kappa shape index (κ2) is 7.70. The van der Waals surface area contributed by atoms with Gasteiger partial charge in [-0.3, -0.25) is 4.79 Å². The van der Waals surface area contributed by atoms with Crippen LogP contribution in [0.1, 0.15) is 28.8 Å². The van der Waals surface area contributed by atoms with E-state index in [1.54, 1.807) is 12.1 Å². The minimum atomic E-state index is -0.311. The van der Waals surface area contributed by atoms with Crippen LogP contribution in [0.15, 0.2) is 54.6 Å². The molecular weight excluding hydrogens is 265 g/mol. The Morgan fingerprint density at radius 3 is 2.38 bits per heavy atom. The number of ketones is 1. The average Bonchev–Trinajstić information content (AvgIpc) is 2.49. The third kappa shape index (κ3) is 5.12. The lowest BCUT2D eigenvalue weighted by molar-refractivity contribution is 0.0976. The van der Waals surface area contributed by atoms with Gasteiger partial charge in [-0.2, -0.15) is 0 Å². The maximum Gasteiger partial charge on any atom is 0.162 e. The van der Waals surface area contributed by atoms with E-state index >= 15 is 0 Å². The summed E-state index contributed by atoms with van der Waals surface area (Å²) in [5.41, 5.74) is 1.85. The van der Waals surface area contributed by atoms with E-state index in [2.05, 4.69) is 24.1 Å². The first-order valence-corrected chi connectivity index (χ1v) is 7.16. The monoisotopic (exact) mass is 285 g/mol. The van der Waals surface area contributed by atoms with Gasteiger partial charge in [0.05, 0.1) is 0 Å². The first-order valence-electron chi connectivity index (χ1n) is 7.16. The summed E-state index contributed by atoms with van der Waals surface area (Å²) in [5.74, 6) is -0.239. The standard InChI is InChI=1S/C18H20FNO/c1-20(14-15-6-3-2-4-7-15)13-5-8-18(21)16-9-11-17(19)12-10-16/h2-4,6-7,9-12H,5,8,13-14H2,1H3. The molecule has 0 aromatic heterocycles. The van der Waals surface area contributed by atoms with Crippen LogP contribution in [0.2, 0.25) is 0 Å². The van der Waals surface area contributed by atoms with Crippen molar-refractivity contribution in [2.24, 2.45) is 0 Å². The summed E-state index contributed by atoms with van der Waals surface area (Å²) in [7, 11) is 2.05. The van der Waals surface area contributed by atoms with Gasteiger partial charge < -0.3 is 4.90 Å². The van der Waals surface area contributed by atoms with Gasteiger partial charge in [-0.05, 0) is 49.8 Å². The first-order chi connectivity index (χ1) is 10.1. The lowest BCUT2D eigenvalue weighted by atomic mass is 10.1. The van der Waals surface area contributed by atoms with Gasteiger partial charge in [0.25, 0.3) is 0 Å². The number of benzene rings is 2. The van der Waals surface area contributed by atoms with E-state index in [1.807, 2.05) is 18.2 Å². The highest BCUT2D eigenvalue weighted by Gasteiger charge is 2.07. The molecule has 2 aromatic rings. The molecule has 0 aliphatic rings. The number of nitrogens with zero attached hydrogens (tertiary/aromatic N) is 1. The molecule has 0 spiro atoms. The smallest absolute Gasteiger partial charge is 0.162 e. The summed E-state index contributed by atoms with van der Waals surface area (Å²) in [6, 6.07) is 16.0. The van der Waals surface area contributed by atoms with Gasteiger partial charge >= 0.3 is 0 Å². The predicted molar refractivity (Wildman–Crippen MR) is 82.7 cm³/mol. The van der Waals surface area contributed by atoms with E-state index < -0.39 is 0 Å². The number of halogens is 1. The highest BCUT2D eigenvalue weighted by atomic mass is 19.1. The minimum Gasteiger partial charge on any atom is -0.302 e. The van der Waals surface area contributed by atoms with Crippen molar-refractivity contribution >= 4 is 5.78 Å². The van der Waals surface area contributed by atoms with Gasteiger partial charge in [-0.15, -0.1) is 0 Å². The summed E-state index contributed by atoms with van der Waals surface area (Å²) in [6.45, 7) is 1.74. The topological polar surface area (TPSA) is 20.3 Å². The van der Waals surface area contributed by atoms with Crippen LogP contribution in [0.25, 0.3) is 0 Å². The van der Waals surface area contributed by atoms with Crippen LogP contribution in [0.3, 0.4) is 0 Å². The number of hydrogen-bond donors (Lipinski definition) is 0. The van der Waals surface area contributed by atoms with Crippen molar-refractivity contribution in [3.05, 3.63) is 71.5 Å². The van der Waals surface area contributed by atoms with Crippen molar-refractivity contribution in [1.82, 2.24) is 4.90 Å². The molecular formula is C18H20FNO.